The number of hydrogen-bond donors (Lipinski definition) is 1. The number of ether oxygens (including phenoxy) is 1. The Hall–Kier alpha value is -1.36. The van der Waals surface area contributed by atoms with Crippen molar-refractivity contribution in [2.45, 2.75) is 33.0 Å². The van der Waals surface area contributed by atoms with Crippen LogP contribution in [0.1, 0.15) is 36.8 Å². The average molecular weight is 212 g/mol. The molecule has 1 heterocycles. The highest BCUT2D eigenvalue weighted by Crippen LogP contribution is 2.14. The molecule has 15 heavy (non-hydrogen) atoms. The van der Waals surface area contributed by atoms with E-state index in [1.54, 1.807) is 7.05 Å². The van der Waals surface area contributed by atoms with Crippen LogP contribution in [-0.4, -0.2) is 26.5 Å². The summed E-state index contributed by atoms with van der Waals surface area (Å²) in [4.78, 5) is 10.9. The van der Waals surface area contributed by atoms with Gasteiger partial charge in [-0.05, 0) is 20.8 Å². The molecule has 0 atom stereocenters. The number of carboxylic acid groups (broad SMARTS) is 1. The number of hydrogen-bond acceptors (Lipinski definition) is 3. The van der Waals surface area contributed by atoms with Crippen molar-refractivity contribution in [3.05, 3.63) is 17.5 Å². The molecule has 84 valence electrons. The SMILES string of the molecule is Cn1ncc(C(=O)O)c1COC(C)(C)C. The molecule has 1 rings (SSSR count). The van der Waals surface area contributed by atoms with Crippen LogP contribution in [0, 0.1) is 0 Å². The van der Waals surface area contributed by atoms with Gasteiger partial charge in [0.25, 0.3) is 0 Å². The second-order valence-corrected chi connectivity index (χ2v) is 4.33. The molecule has 0 aliphatic carbocycles. The maximum atomic E-state index is 10.9. The summed E-state index contributed by atoms with van der Waals surface area (Å²) in [6, 6.07) is 0. The molecule has 0 aromatic carbocycles. The van der Waals surface area contributed by atoms with Crippen molar-refractivity contribution >= 4 is 5.97 Å². The summed E-state index contributed by atoms with van der Waals surface area (Å²) in [5.74, 6) is -0.976. The molecular weight excluding hydrogens is 196 g/mol. The molecule has 1 aromatic rings. The van der Waals surface area contributed by atoms with E-state index in [0.717, 1.165) is 0 Å². The maximum absolute atomic E-state index is 10.9. The summed E-state index contributed by atoms with van der Waals surface area (Å²) in [7, 11) is 1.70. The quantitative estimate of drug-likeness (QED) is 0.823. The fourth-order valence-electron chi connectivity index (χ4n) is 1.10. The van der Waals surface area contributed by atoms with Crippen LogP contribution in [0.5, 0.6) is 0 Å². The Morgan fingerprint density at radius 2 is 2.20 bits per heavy atom. The molecule has 0 saturated heterocycles. The number of aryl methyl sites for hydroxylation is 1. The first kappa shape index (κ1) is 11.7. The zero-order chi connectivity index (χ0) is 11.6. The van der Waals surface area contributed by atoms with E-state index in [1.165, 1.54) is 10.9 Å². The summed E-state index contributed by atoms with van der Waals surface area (Å²) < 4.78 is 7.04. The van der Waals surface area contributed by atoms with Gasteiger partial charge >= 0.3 is 5.97 Å². The van der Waals surface area contributed by atoms with Crippen LogP contribution in [0.3, 0.4) is 0 Å². The predicted octanol–water partition coefficient (Wildman–Crippen LogP) is 1.43. The van der Waals surface area contributed by atoms with Crippen molar-refractivity contribution in [3.63, 3.8) is 0 Å². The fraction of sp³-hybridized carbons (Fsp3) is 0.600. The molecule has 5 nitrogen and oxygen atoms in total. The molecule has 0 amide bonds. The van der Waals surface area contributed by atoms with E-state index < -0.39 is 5.97 Å². The normalized spacial score (nSPS) is 11.7. The van der Waals surface area contributed by atoms with Gasteiger partial charge in [-0.25, -0.2) is 4.79 Å². The molecule has 0 saturated carbocycles. The summed E-state index contributed by atoms with van der Waals surface area (Å²) in [6.45, 7) is 6.01. The zero-order valence-corrected chi connectivity index (χ0v) is 9.44. The van der Waals surface area contributed by atoms with Crippen molar-refractivity contribution in [2.24, 2.45) is 7.05 Å². The first-order valence-electron chi connectivity index (χ1n) is 4.69. The number of aromatic carboxylic acids is 1. The first-order chi connectivity index (χ1) is 6.81. The number of aromatic nitrogens is 2. The van der Waals surface area contributed by atoms with E-state index >= 15 is 0 Å². The molecule has 1 N–H and O–H groups in total. The van der Waals surface area contributed by atoms with Crippen molar-refractivity contribution in [3.8, 4) is 0 Å². The van der Waals surface area contributed by atoms with Gasteiger partial charge in [-0.3, -0.25) is 4.68 Å². The van der Waals surface area contributed by atoms with E-state index in [4.69, 9.17) is 9.84 Å². The van der Waals surface area contributed by atoms with Crippen LogP contribution in [0.25, 0.3) is 0 Å². The summed E-state index contributed by atoms with van der Waals surface area (Å²) in [6.07, 6.45) is 1.34. The van der Waals surface area contributed by atoms with E-state index in [1.807, 2.05) is 20.8 Å². The second kappa shape index (κ2) is 4.02. The van der Waals surface area contributed by atoms with Crippen LogP contribution >= 0.6 is 0 Å². The molecule has 0 fully saturated rings. The highest BCUT2D eigenvalue weighted by Gasteiger charge is 2.18. The molecule has 0 aliphatic rings. The third kappa shape index (κ3) is 3.06. The fourth-order valence-corrected chi connectivity index (χ4v) is 1.10. The molecule has 5 heteroatoms. The van der Waals surface area contributed by atoms with Gasteiger partial charge in [0, 0.05) is 7.05 Å². The van der Waals surface area contributed by atoms with Crippen LogP contribution in [0.15, 0.2) is 6.20 Å². The predicted molar refractivity (Wildman–Crippen MR) is 54.7 cm³/mol. The molecular formula is C10H16N2O3. The lowest BCUT2D eigenvalue weighted by atomic mass is 10.2. The minimum atomic E-state index is -0.976. The van der Waals surface area contributed by atoms with Crippen molar-refractivity contribution in [1.82, 2.24) is 9.78 Å². The van der Waals surface area contributed by atoms with Gasteiger partial charge < -0.3 is 9.84 Å². The van der Waals surface area contributed by atoms with Gasteiger partial charge in [0.2, 0.25) is 0 Å². The first-order valence-corrected chi connectivity index (χ1v) is 4.69. The standard InChI is InChI=1S/C10H16N2O3/c1-10(2,3)15-6-8-7(9(13)14)5-11-12(8)4/h5H,6H2,1-4H3,(H,13,14). The summed E-state index contributed by atoms with van der Waals surface area (Å²) >= 11 is 0. The summed E-state index contributed by atoms with van der Waals surface area (Å²) in [5, 5.41) is 12.8. The Morgan fingerprint density at radius 1 is 1.60 bits per heavy atom. The molecule has 0 radical (unpaired) electrons. The monoisotopic (exact) mass is 212 g/mol. The van der Waals surface area contributed by atoms with Gasteiger partial charge in [0.05, 0.1) is 24.1 Å². The Balaban J connectivity index is 2.84. The smallest absolute Gasteiger partial charge is 0.339 e. The minimum absolute atomic E-state index is 0.196. The number of carbonyl (C=O) groups is 1. The Morgan fingerprint density at radius 3 is 2.67 bits per heavy atom. The largest absolute Gasteiger partial charge is 0.478 e. The third-order valence-electron chi connectivity index (χ3n) is 1.93. The molecule has 0 bridgehead atoms. The Kier molecular flexibility index (Phi) is 3.14. The Labute approximate surface area is 88.7 Å². The van der Waals surface area contributed by atoms with Crippen molar-refractivity contribution in [2.75, 3.05) is 0 Å². The molecule has 0 unspecified atom stereocenters. The van der Waals surface area contributed by atoms with E-state index in [2.05, 4.69) is 5.10 Å². The molecule has 0 spiro atoms. The van der Waals surface area contributed by atoms with Gasteiger partial charge in [-0.2, -0.15) is 5.10 Å². The van der Waals surface area contributed by atoms with E-state index in [0.29, 0.717) is 5.69 Å². The average Bonchev–Trinajstić information content (AvgIpc) is 2.42. The minimum Gasteiger partial charge on any atom is -0.478 e. The highest BCUT2D eigenvalue weighted by atomic mass is 16.5. The van der Waals surface area contributed by atoms with Gasteiger partial charge in [0.15, 0.2) is 0 Å². The molecule has 1 aromatic heterocycles. The lowest BCUT2D eigenvalue weighted by molar-refractivity contribution is -0.0181. The van der Waals surface area contributed by atoms with Crippen molar-refractivity contribution < 1.29 is 14.6 Å². The van der Waals surface area contributed by atoms with Gasteiger partial charge in [-0.1, -0.05) is 0 Å². The van der Waals surface area contributed by atoms with Crippen LogP contribution in [0.4, 0.5) is 0 Å². The van der Waals surface area contributed by atoms with Crippen LogP contribution < -0.4 is 0 Å². The number of carboxylic acids is 1. The summed E-state index contributed by atoms with van der Waals surface area (Å²) in [5.41, 5.74) is 0.485. The lowest BCUT2D eigenvalue weighted by Crippen LogP contribution is -2.20. The lowest BCUT2D eigenvalue weighted by Gasteiger charge is -2.19. The maximum Gasteiger partial charge on any atom is 0.339 e. The van der Waals surface area contributed by atoms with Gasteiger partial charge in [0.1, 0.15) is 5.56 Å². The Bertz CT molecular complexity index is 363. The molecule has 0 aliphatic heterocycles. The topological polar surface area (TPSA) is 64.4 Å². The number of nitrogens with zero attached hydrogens (tertiary/aromatic N) is 2. The third-order valence-corrected chi connectivity index (χ3v) is 1.93. The van der Waals surface area contributed by atoms with Gasteiger partial charge in [-0.15, -0.1) is 0 Å². The zero-order valence-electron chi connectivity index (χ0n) is 9.44. The van der Waals surface area contributed by atoms with E-state index in [9.17, 15) is 4.79 Å². The number of rotatable bonds is 3. The van der Waals surface area contributed by atoms with Crippen LogP contribution in [-0.2, 0) is 18.4 Å². The van der Waals surface area contributed by atoms with E-state index in [-0.39, 0.29) is 17.8 Å². The second-order valence-electron chi connectivity index (χ2n) is 4.33. The van der Waals surface area contributed by atoms with Crippen molar-refractivity contribution in [1.29, 1.82) is 0 Å². The highest BCUT2D eigenvalue weighted by molar-refractivity contribution is 5.88. The van der Waals surface area contributed by atoms with Crippen LogP contribution in [0.2, 0.25) is 0 Å².